The Hall–Kier alpha value is -1.06. The molecule has 4 heteroatoms. The molecule has 1 aromatic carbocycles. The number of hydrogen-bond donors (Lipinski definition) is 2. The molecule has 1 unspecified atom stereocenters. The van der Waals surface area contributed by atoms with E-state index in [0.717, 1.165) is 5.56 Å². The number of carboxylic acids is 1. The average molecular weight is 242 g/mol. The van der Waals surface area contributed by atoms with Gasteiger partial charge in [-0.05, 0) is 31.0 Å². The van der Waals surface area contributed by atoms with Crippen molar-refractivity contribution >= 4 is 17.6 Å². The highest BCUT2D eigenvalue weighted by Gasteiger charge is 2.17. The van der Waals surface area contributed by atoms with Crippen LogP contribution < -0.4 is 5.32 Å². The van der Waals surface area contributed by atoms with Crippen LogP contribution in [0.2, 0.25) is 5.02 Å². The Morgan fingerprint density at radius 2 is 2.25 bits per heavy atom. The van der Waals surface area contributed by atoms with Crippen LogP contribution in [0.4, 0.5) is 0 Å². The molecule has 0 aliphatic heterocycles. The Kier molecular flexibility index (Phi) is 4.77. The summed E-state index contributed by atoms with van der Waals surface area (Å²) in [6.07, 6.45) is 0.556. The molecule has 1 aromatic rings. The molecular formula is C12H16ClNO2. The minimum atomic E-state index is -0.823. The van der Waals surface area contributed by atoms with Gasteiger partial charge in [0.15, 0.2) is 0 Å². The molecule has 16 heavy (non-hydrogen) atoms. The van der Waals surface area contributed by atoms with E-state index in [4.69, 9.17) is 16.7 Å². The number of halogens is 1. The zero-order valence-corrected chi connectivity index (χ0v) is 10.2. The second-order valence-corrected chi connectivity index (χ2v) is 4.18. The van der Waals surface area contributed by atoms with E-state index in [1.165, 1.54) is 0 Å². The van der Waals surface area contributed by atoms with Crippen molar-refractivity contribution in [3.05, 3.63) is 34.9 Å². The third kappa shape index (κ3) is 3.51. The SMILES string of the molecule is CCC(N[C@@H](C)c1cccc(Cl)c1)C(=O)O. The lowest BCUT2D eigenvalue weighted by Gasteiger charge is -2.19. The molecular weight excluding hydrogens is 226 g/mol. The van der Waals surface area contributed by atoms with E-state index in [9.17, 15) is 4.79 Å². The standard InChI is InChI=1S/C12H16ClNO2/c1-3-11(12(15)16)14-8(2)9-5-4-6-10(13)7-9/h4-8,11,14H,3H2,1-2H3,(H,15,16)/t8-,11?/m0/s1. The summed E-state index contributed by atoms with van der Waals surface area (Å²) in [6, 6.07) is 6.88. The third-order valence-electron chi connectivity index (χ3n) is 2.51. The Balaban J connectivity index is 2.71. The van der Waals surface area contributed by atoms with Gasteiger partial charge >= 0.3 is 5.97 Å². The van der Waals surface area contributed by atoms with E-state index in [2.05, 4.69) is 5.32 Å². The summed E-state index contributed by atoms with van der Waals surface area (Å²) in [6.45, 7) is 3.77. The summed E-state index contributed by atoms with van der Waals surface area (Å²) in [5, 5.41) is 12.6. The topological polar surface area (TPSA) is 49.3 Å². The van der Waals surface area contributed by atoms with Gasteiger partial charge < -0.3 is 5.11 Å². The van der Waals surface area contributed by atoms with Crippen LogP contribution in [0.5, 0.6) is 0 Å². The number of carbonyl (C=O) groups is 1. The quantitative estimate of drug-likeness (QED) is 0.834. The van der Waals surface area contributed by atoms with Gasteiger partial charge in [-0.3, -0.25) is 10.1 Å². The zero-order chi connectivity index (χ0) is 12.1. The maximum absolute atomic E-state index is 10.9. The first kappa shape index (κ1) is 13.0. The van der Waals surface area contributed by atoms with E-state index >= 15 is 0 Å². The predicted octanol–water partition coefficient (Wildman–Crippen LogP) is 2.85. The molecule has 2 atom stereocenters. The third-order valence-corrected chi connectivity index (χ3v) is 2.74. The highest BCUT2D eigenvalue weighted by Crippen LogP contribution is 2.18. The van der Waals surface area contributed by atoms with Gasteiger partial charge in [0.05, 0.1) is 0 Å². The number of rotatable bonds is 5. The molecule has 0 aromatic heterocycles. The summed E-state index contributed by atoms with van der Waals surface area (Å²) in [4.78, 5) is 10.9. The molecule has 2 N–H and O–H groups in total. The Labute approximate surface area is 100 Å². The van der Waals surface area contributed by atoms with E-state index in [0.29, 0.717) is 11.4 Å². The fourth-order valence-electron chi connectivity index (χ4n) is 1.54. The van der Waals surface area contributed by atoms with Crippen LogP contribution in [0.25, 0.3) is 0 Å². The van der Waals surface area contributed by atoms with Crippen molar-refractivity contribution < 1.29 is 9.90 Å². The lowest BCUT2D eigenvalue weighted by molar-refractivity contribution is -0.139. The van der Waals surface area contributed by atoms with Crippen molar-refractivity contribution in [2.75, 3.05) is 0 Å². The molecule has 0 aliphatic carbocycles. The molecule has 0 spiro atoms. The highest BCUT2D eigenvalue weighted by atomic mass is 35.5. The number of benzene rings is 1. The van der Waals surface area contributed by atoms with E-state index in [1.807, 2.05) is 32.0 Å². The summed E-state index contributed by atoms with van der Waals surface area (Å²) in [5.74, 6) is -0.823. The summed E-state index contributed by atoms with van der Waals surface area (Å²) in [5.41, 5.74) is 0.993. The molecule has 3 nitrogen and oxygen atoms in total. The van der Waals surface area contributed by atoms with Crippen LogP contribution in [-0.4, -0.2) is 17.1 Å². The van der Waals surface area contributed by atoms with Crippen LogP contribution in [0.3, 0.4) is 0 Å². The van der Waals surface area contributed by atoms with Gasteiger partial charge in [0.25, 0.3) is 0 Å². The van der Waals surface area contributed by atoms with Crippen molar-refractivity contribution in [1.82, 2.24) is 5.32 Å². The molecule has 0 saturated heterocycles. The fraction of sp³-hybridized carbons (Fsp3) is 0.417. The normalized spacial score (nSPS) is 14.4. The lowest BCUT2D eigenvalue weighted by Crippen LogP contribution is -2.37. The van der Waals surface area contributed by atoms with Crippen molar-refractivity contribution in [3.8, 4) is 0 Å². The van der Waals surface area contributed by atoms with Gasteiger partial charge in [-0.2, -0.15) is 0 Å². The Morgan fingerprint density at radius 1 is 1.56 bits per heavy atom. The first-order chi connectivity index (χ1) is 7.54. The summed E-state index contributed by atoms with van der Waals surface area (Å²) < 4.78 is 0. The minimum absolute atomic E-state index is 0.0280. The van der Waals surface area contributed by atoms with Crippen LogP contribution in [0.15, 0.2) is 24.3 Å². The fourth-order valence-corrected chi connectivity index (χ4v) is 1.74. The number of hydrogen-bond acceptors (Lipinski definition) is 2. The summed E-state index contributed by atoms with van der Waals surface area (Å²) >= 11 is 5.88. The Morgan fingerprint density at radius 3 is 2.75 bits per heavy atom. The summed E-state index contributed by atoms with van der Waals surface area (Å²) in [7, 11) is 0. The maximum Gasteiger partial charge on any atom is 0.320 e. The van der Waals surface area contributed by atoms with Gasteiger partial charge in [-0.1, -0.05) is 30.7 Å². The number of aliphatic carboxylic acids is 1. The van der Waals surface area contributed by atoms with E-state index in [1.54, 1.807) is 6.07 Å². The first-order valence-electron chi connectivity index (χ1n) is 5.29. The van der Waals surface area contributed by atoms with Crippen molar-refractivity contribution in [1.29, 1.82) is 0 Å². The molecule has 88 valence electrons. The second-order valence-electron chi connectivity index (χ2n) is 3.74. The number of carboxylic acid groups (broad SMARTS) is 1. The highest BCUT2D eigenvalue weighted by molar-refractivity contribution is 6.30. The van der Waals surface area contributed by atoms with Gasteiger partial charge in [0.2, 0.25) is 0 Å². The van der Waals surface area contributed by atoms with Crippen molar-refractivity contribution in [2.45, 2.75) is 32.4 Å². The molecule has 0 fully saturated rings. The molecule has 0 heterocycles. The minimum Gasteiger partial charge on any atom is -0.480 e. The lowest BCUT2D eigenvalue weighted by atomic mass is 10.1. The molecule has 0 saturated carbocycles. The molecule has 0 radical (unpaired) electrons. The molecule has 1 rings (SSSR count). The molecule has 0 aliphatic rings. The van der Waals surface area contributed by atoms with Gasteiger partial charge in [-0.15, -0.1) is 0 Å². The van der Waals surface area contributed by atoms with E-state index in [-0.39, 0.29) is 6.04 Å². The Bertz CT molecular complexity index is 368. The zero-order valence-electron chi connectivity index (χ0n) is 9.40. The second kappa shape index (κ2) is 5.87. The smallest absolute Gasteiger partial charge is 0.320 e. The van der Waals surface area contributed by atoms with E-state index < -0.39 is 12.0 Å². The van der Waals surface area contributed by atoms with Crippen LogP contribution >= 0.6 is 11.6 Å². The van der Waals surface area contributed by atoms with Crippen LogP contribution in [0, 0.1) is 0 Å². The monoisotopic (exact) mass is 241 g/mol. The van der Waals surface area contributed by atoms with Crippen molar-refractivity contribution in [2.24, 2.45) is 0 Å². The van der Waals surface area contributed by atoms with Crippen molar-refractivity contribution in [3.63, 3.8) is 0 Å². The molecule has 0 amide bonds. The average Bonchev–Trinajstić information content (AvgIpc) is 2.25. The number of nitrogens with one attached hydrogen (secondary N) is 1. The van der Waals surface area contributed by atoms with Crippen LogP contribution in [0.1, 0.15) is 31.9 Å². The molecule has 0 bridgehead atoms. The largest absolute Gasteiger partial charge is 0.480 e. The van der Waals surface area contributed by atoms with Gasteiger partial charge in [0, 0.05) is 11.1 Å². The van der Waals surface area contributed by atoms with Crippen LogP contribution in [-0.2, 0) is 4.79 Å². The van der Waals surface area contributed by atoms with Gasteiger partial charge in [0.1, 0.15) is 6.04 Å². The maximum atomic E-state index is 10.9. The van der Waals surface area contributed by atoms with Gasteiger partial charge in [-0.25, -0.2) is 0 Å². The predicted molar refractivity (Wildman–Crippen MR) is 64.7 cm³/mol. The first-order valence-corrected chi connectivity index (χ1v) is 5.66.